The molecular formula is C17H23Cl2N5O. The zero-order valence-electron chi connectivity index (χ0n) is 13.9. The molecule has 2 aromatic heterocycles. The number of likely N-dealkylation sites (tertiary alicyclic amines) is 1. The molecule has 0 aromatic carbocycles. The fourth-order valence-electron chi connectivity index (χ4n) is 3.65. The summed E-state index contributed by atoms with van der Waals surface area (Å²) in [6, 6.07) is 3.72. The third-order valence-corrected chi connectivity index (χ3v) is 5.21. The van der Waals surface area contributed by atoms with E-state index in [2.05, 4.69) is 15.3 Å². The van der Waals surface area contributed by atoms with Crippen LogP contribution in [0.5, 0.6) is 0 Å². The number of rotatable bonds is 2. The lowest BCUT2D eigenvalue weighted by atomic mass is 9.78. The molecule has 2 aliphatic heterocycles. The fourth-order valence-corrected chi connectivity index (χ4v) is 3.65. The molecule has 4 rings (SSSR count). The van der Waals surface area contributed by atoms with Crippen molar-refractivity contribution in [2.45, 2.75) is 19.3 Å². The second-order valence-electron chi connectivity index (χ2n) is 6.59. The molecule has 0 saturated carbocycles. The zero-order valence-corrected chi connectivity index (χ0v) is 15.6. The molecule has 2 aliphatic rings. The number of pyridine rings is 1. The van der Waals surface area contributed by atoms with Gasteiger partial charge in [-0.2, -0.15) is 0 Å². The lowest BCUT2D eigenvalue weighted by molar-refractivity contribution is 0.0607. The first-order valence-electron chi connectivity index (χ1n) is 8.20. The van der Waals surface area contributed by atoms with E-state index in [0.717, 1.165) is 44.8 Å². The molecule has 8 heteroatoms. The number of hydrogen-bond donors (Lipinski definition) is 1. The van der Waals surface area contributed by atoms with Gasteiger partial charge in [-0.1, -0.05) is 0 Å². The predicted octanol–water partition coefficient (Wildman–Crippen LogP) is 2.33. The van der Waals surface area contributed by atoms with Crippen molar-refractivity contribution in [3.63, 3.8) is 0 Å². The number of amides is 1. The highest BCUT2D eigenvalue weighted by Crippen LogP contribution is 2.37. The van der Waals surface area contributed by atoms with E-state index >= 15 is 0 Å². The van der Waals surface area contributed by atoms with Gasteiger partial charge >= 0.3 is 0 Å². The lowest BCUT2D eigenvalue weighted by Gasteiger charge is -2.38. The SMILES string of the molecule is Cl.Cl.O=C(c1ccc(-n2ccnc2)nc1)N1CCC2(CCNC2)CC1. The number of carbonyl (C=O) groups is 1. The van der Waals surface area contributed by atoms with Gasteiger partial charge in [-0.25, -0.2) is 9.97 Å². The topological polar surface area (TPSA) is 63.1 Å². The van der Waals surface area contributed by atoms with E-state index in [-0.39, 0.29) is 30.7 Å². The molecule has 0 bridgehead atoms. The maximum atomic E-state index is 12.7. The Morgan fingerprint density at radius 2 is 1.96 bits per heavy atom. The van der Waals surface area contributed by atoms with Crippen molar-refractivity contribution in [1.29, 1.82) is 0 Å². The summed E-state index contributed by atoms with van der Waals surface area (Å²) in [5.74, 6) is 0.865. The number of imidazole rings is 1. The van der Waals surface area contributed by atoms with Crippen LogP contribution >= 0.6 is 24.8 Å². The molecule has 0 aliphatic carbocycles. The third kappa shape index (κ3) is 3.97. The molecule has 1 amide bonds. The molecule has 4 heterocycles. The van der Waals surface area contributed by atoms with Crippen molar-refractivity contribution in [3.8, 4) is 5.82 Å². The highest BCUT2D eigenvalue weighted by Gasteiger charge is 2.38. The molecule has 1 spiro atoms. The van der Waals surface area contributed by atoms with E-state index in [9.17, 15) is 4.79 Å². The highest BCUT2D eigenvalue weighted by molar-refractivity contribution is 5.94. The molecule has 136 valence electrons. The minimum atomic E-state index is 0. The van der Waals surface area contributed by atoms with Crippen LogP contribution in [0, 0.1) is 5.41 Å². The Balaban J connectivity index is 0.00000113. The molecule has 1 N–H and O–H groups in total. The second kappa shape index (κ2) is 8.17. The summed E-state index contributed by atoms with van der Waals surface area (Å²) in [5.41, 5.74) is 1.09. The van der Waals surface area contributed by atoms with Gasteiger partial charge in [-0.3, -0.25) is 9.36 Å². The Hall–Kier alpha value is -1.63. The second-order valence-corrected chi connectivity index (χ2v) is 6.59. The van der Waals surface area contributed by atoms with Gasteiger partial charge in [0.05, 0.1) is 5.56 Å². The summed E-state index contributed by atoms with van der Waals surface area (Å²) in [6.45, 7) is 3.93. The molecule has 0 atom stereocenters. The summed E-state index contributed by atoms with van der Waals surface area (Å²) in [6.07, 6.45) is 10.4. The highest BCUT2D eigenvalue weighted by atomic mass is 35.5. The molecule has 0 unspecified atom stereocenters. The Morgan fingerprint density at radius 1 is 1.16 bits per heavy atom. The van der Waals surface area contributed by atoms with Crippen molar-refractivity contribution in [1.82, 2.24) is 24.8 Å². The maximum absolute atomic E-state index is 12.7. The monoisotopic (exact) mass is 383 g/mol. The quantitative estimate of drug-likeness (QED) is 0.864. The molecule has 6 nitrogen and oxygen atoms in total. The number of piperidine rings is 1. The van der Waals surface area contributed by atoms with Gasteiger partial charge in [0.15, 0.2) is 0 Å². The number of halogens is 2. The maximum Gasteiger partial charge on any atom is 0.255 e. The number of carbonyl (C=O) groups excluding carboxylic acids is 1. The van der Waals surface area contributed by atoms with Crippen molar-refractivity contribution >= 4 is 30.7 Å². The Labute approximate surface area is 159 Å². The van der Waals surface area contributed by atoms with Gasteiger partial charge in [-0.15, -0.1) is 24.8 Å². The molecule has 0 radical (unpaired) electrons. The van der Waals surface area contributed by atoms with Crippen LogP contribution in [-0.2, 0) is 0 Å². The number of nitrogens with zero attached hydrogens (tertiary/aromatic N) is 4. The summed E-state index contributed by atoms with van der Waals surface area (Å²) < 4.78 is 1.83. The molecule has 2 fully saturated rings. The first-order chi connectivity index (χ1) is 11.3. The van der Waals surface area contributed by atoms with Crippen molar-refractivity contribution < 1.29 is 4.79 Å². The zero-order chi connectivity index (χ0) is 15.7. The summed E-state index contributed by atoms with van der Waals surface area (Å²) in [5, 5.41) is 3.46. The minimum absolute atomic E-state index is 0. The van der Waals surface area contributed by atoms with Crippen LogP contribution in [0.3, 0.4) is 0 Å². The first kappa shape index (κ1) is 19.7. The lowest BCUT2D eigenvalue weighted by Crippen LogP contribution is -2.44. The molecule has 2 aromatic rings. The Morgan fingerprint density at radius 3 is 2.52 bits per heavy atom. The van der Waals surface area contributed by atoms with Gasteiger partial charge in [0.1, 0.15) is 12.1 Å². The van der Waals surface area contributed by atoms with Crippen molar-refractivity contribution in [3.05, 3.63) is 42.6 Å². The van der Waals surface area contributed by atoms with Gasteiger partial charge in [-0.05, 0) is 43.4 Å². The fraction of sp³-hybridized carbons (Fsp3) is 0.471. The summed E-state index contributed by atoms with van der Waals surface area (Å²) in [7, 11) is 0. The van der Waals surface area contributed by atoms with E-state index in [1.165, 1.54) is 6.42 Å². The van der Waals surface area contributed by atoms with Crippen molar-refractivity contribution in [2.24, 2.45) is 5.41 Å². The van der Waals surface area contributed by atoms with Gasteiger partial charge < -0.3 is 10.2 Å². The number of aromatic nitrogens is 3. The number of hydrogen-bond acceptors (Lipinski definition) is 4. The summed E-state index contributed by atoms with van der Waals surface area (Å²) >= 11 is 0. The minimum Gasteiger partial charge on any atom is -0.339 e. The number of nitrogens with one attached hydrogen (secondary N) is 1. The largest absolute Gasteiger partial charge is 0.339 e. The van der Waals surface area contributed by atoms with Crippen LogP contribution in [0.4, 0.5) is 0 Å². The Bertz CT molecular complexity index is 674. The van der Waals surface area contributed by atoms with Gasteiger partial charge in [0, 0.05) is 38.2 Å². The van der Waals surface area contributed by atoms with Crippen molar-refractivity contribution in [2.75, 3.05) is 26.2 Å². The average Bonchev–Trinajstić information content (AvgIpc) is 3.28. The van der Waals surface area contributed by atoms with Crippen LogP contribution in [0.25, 0.3) is 5.82 Å². The smallest absolute Gasteiger partial charge is 0.255 e. The van der Waals surface area contributed by atoms with Gasteiger partial charge in [0.25, 0.3) is 5.91 Å². The molecule has 2 saturated heterocycles. The van der Waals surface area contributed by atoms with E-state index in [4.69, 9.17) is 0 Å². The van der Waals surface area contributed by atoms with E-state index < -0.39 is 0 Å². The van der Waals surface area contributed by atoms with E-state index in [1.807, 2.05) is 27.8 Å². The van der Waals surface area contributed by atoms with Gasteiger partial charge in [0.2, 0.25) is 0 Å². The van der Waals surface area contributed by atoms with Crippen LogP contribution in [0.1, 0.15) is 29.6 Å². The van der Waals surface area contributed by atoms with Crippen LogP contribution < -0.4 is 5.32 Å². The molecular weight excluding hydrogens is 361 g/mol. The average molecular weight is 384 g/mol. The molecule has 25 heavy (non-hydrogen) atoms. The Kier molecular flexibility index (Phi) is 6.43. The van der Waals surface area contributed by atoms with E-state index in [0.29, 0.717) is 11.0 Å². The summed E-state index contributed by atoms with van der Waals surface area (Å²) in [4.78, 5) is 23.0. The third-order valence-electron chi connectivity index (χ3n) is 5.21. The van der Waals surface area contributed by atoms with Crippen LogP contribution in [0.2, 0.25) is 0 Å². The normalized spacial score (nSPS) is 18.5. The van der Waals surface area contributed by atoms with E-state index in [1.54, 1.807) is 18.7 Å². The van der Waals surface area contributed by atoms with Crippen LogP contribution in [-0.4, -0.2) is 51.5 Å². The predicted molar refractivity (Wildman–Crippen MR) is 101 cm³/mol. The van der Waals surface area contributed by atoms with Crippen LogP contribution in [0.15, 0.2) is 37.1 Å². The first-order valence-corrected chi connectivity index (χ1v) is 8.20. The standard InChI is InChI=1S/C17H21N5O.2ClH/c23-16(21-8-4-17(5-9-21)3-6-18-12-17)14-1-2-15(20-11-14)22-10-7-19-13-22;;/h1-2,7,10-11,13,18H,3-6,8-9,12H2;2*1H.